The zero-order valence-corrected chi connectivity index (χ0v) is 22.1. The van der Waals surface area contributed by atoms with E-state index in [9.17, 15) is 9.90 Å². The highest BCUT2D eigenvalue weighted by Crippen LogP contribution is 2.42. The molecule has 1 aromatic heterocycles. The maximum absolute atomic E-state index is 12.8. The number of carbonyl (C=O) groups is 1. The number of hydrogen-bond donors (Lipinski definition) is 3. The van der Waals surface area contributed by atoms with Crippen molar-refractivity contribution in [3.63, 3.8) is 0 Å². The number of nitrogens with zero attached hydrogens (tertiary/aromatic N) is 3. The van der Waals surface area contributed by atoms with Gasteiger partial charge in [-0.05, 0) is 41.7 Å². The zero-order valence-electron chi connectivity index (χ0n) is 21.3. The van der Waals surface area contributed by atoms with Crippen molar-refractivity contribution >= 4 is 40.5 Å². The van der Waals surface area contributed by atoms with Crippen molar-refractivity contribution in [2.75, 3.05) is 31.5 Å². The molecule has 0 bridgehead atoms. The molecule has 9 nitrogen and oxygen atoms in total. The molecule has 1 aliphatic rings. The monoisotopic (exact) mass is 509 g/mol. The van der Waals surface area contributed by atoms with Crippen molar-refractivity contribution in [3.8, 4) is 17.2 Å². The Bertz CT molecular complexity index is 1310. The molecular weight excluding hydrogens is 478 g/mol. The number of anilines is 3. The van der Waals surface area contributed by atoms with Crippen LogP contribution in [0.3, 0.4) is 0 Å². The van der Waals surface area contributed by atoms with Gasteiger partial charge in [-0.2, -0.15) is 8.75 Å². The molecule has 3 N–H and O–H groups in total. The lowest BCUT2D eigenvalue weighted by Crippen LogP contribution is -2.26. The number of nitrogens with one attached hydrogen (secondary N) is 2. The molecule has 3 aromatic rings. The minimum atomic E-state index is -0.320. The van der Waals surface area contributed by atoms with Gasteiger partial charge in [0.25, 0.3) is 5.91 Å². The van der Waals surface area contributed by atoms with Gasteiger partial charge in [0.2, 0.25) is 6.79 Å². The van der Waals surface area contributed by atoms with Gasteiger partial charge in [-0.1, -0.05) is 45.1 Å². The van der Waals surface area contributed by atoms with E-state index in [0.717, 1.165) is 23.0 Å². The van der Waals surface area contributed by atoms with Crippen LogP contribution >= 0.6 is 11.7 Å². The predicted octanol–water partition coefficient (Wildman–Crippen LogP) is 5.65. The van der Waals surface area contributed by atoms with Crippen LogP contribution in [0.1, 0.15) is 55.2 Å². The van der Waals surface area contributed by atoms with Crippen molar-refractivity contribution in [1.29, 1.82) is 0 Å². The molecule has 0 aliphatic carbocycles. The van der Waals surface area contributed by atoms with E-state index in [1.807, 2.05) is 18.2 Å². The molecular formula is C26H31N5O4S. The standard InChI is InChI=1S/C26H31N5O4S/c1-14(2)16-9-10-17(21(32)20(16)25(33)31(6)7)27-23-24(30-36-29-23)28-22(26(3,4)5)15-8-11-18-19(12-15)35-13-34-18/h8-12,22,32H,1,13H2,2-7H3,(H,27,29)(H,28,30)/t22-/m0/s1. The van der Waals surface area contributed by atoms with Crippen LogP contribution in [0.5, 0.6) is 17.2 Å². The molecule has 36 heavy (non-hydrogen) atoms. The van der Waals surface area contributed by atoms with Crippen LogP contribution in [-0.2, 0) is 0 Å². The normalized spacial score (nSPS) is 13.3. The fourth-order valence-corrected chi connectivity index (χ4v) is 4.49. The summed E-state index contributed by atoms with van der Waals surface area (Å²) in [5.74, 6) is 1.91. The summed E-state index contributed by atoms with van der Waals surface area (Å²) in [6, 6.07) is 9.21. The van der Waals surface area contributed by atoms with Crippen LogP contribution in [0, 0.1) is 5.41 Å². The van der Waals surface area contributed by atoms with Gasteiger partial charge in [-0.15, -0.1) is 0 Å². The number of amides is 1. The lowest BCUT2D eigenvalue weighted by Gasteiger charge is -2.32. The van der Waals surface area contributed by atoms with E-state index in [1.165, 1.54) is 4.90 Å². The Morgan fingerprint density at radius 2 is 1.83 bits per heavy atom. The average Bonchev–Trinajstić information content (AvgIpc) is 3.45. The molecule has 0 radical (unpaired) electrons. The molecule has 0 unspecified atom stereocenters. The lowest BCUT2D eigenvalue weighted by atomic mass is 9.82. The van der Waals surface area contributed by atoms with Gasteiger partial charge in [0.05, 0.1) is 29.0 Å². The first kappa shape index (κ1) is 25.3. The highest BCUT2D eigenvalue weighted by molar-refractivity contribution is 6.99. The first-order chi connectivity index (χ1) is 17.0. The zero-order chi connectivity index (χ0) is 26.2. The Labute approximate surface area is 215 Å². The second-order valence-electron chi connectivity index (χ2n) is 10.0. The Morgan fingerprint density at radius 1 is 1.14 bits per heavy atom. The van der Waals surface area contributed by atoms with Gasteiger partial charge >= 0.3 is 0 Å². The van der Waals surface area contributed by atoms with Crippen LogP contribution in [0.2, 0.25) is 0 Å². The summed E-state index contributed by atoms with van der Waals surface area (Å²) in [4.78, 5) is 14.3. The summed E-state index contributed by atoms with van der Waals surface area (Å²) in [6.07, 6.45) is 0. The van der Waals surface area contributed by atoms with Crippen molar-refractivity contribution in [2.24, 2.45) is 5.41 Å². The van der Waals surface area contributed by atoms with Crippen LogP contribution < -0.4 is 20.1 Å². The molecule has 1 amide bonds. The van der Waals surface area contributed by atoms with Crippen LogP contribution in [-0.4, -0.2) is 45.5 Å². The van der Waals surface area contributed by atoms with E-state index >= 15 is 0 Å². The van der Waals surface area contributed by atoms with Gasteiger partial charge < -0.3 is 30.1 Å². The largest absolute Gasteiger partial charge is 0.505 e. The molecule has 0 spiro atoms. The van der Waals surface area contributed by atoms with Gasteiger partial charge in [-0.3, -0.25) is 4.79 Å². The SMILES string of the molecule is C=C(C)c1ccc(Nc2nsnc2N[C@@H](c2ccc3c(c2)OCO3)C(C)(C)C)c(O)c1C(=O)N(C)C. The molecule has 0 fully saturated rings. The third kappa shape index (κ3) is 4.94. The summed E-state index contributed by atoms with van der Waals surface area (Å²) < 4.78 is 19.9. The first-order valence-corrected chi connectivity index (χ1v) is 12.2. The summed E-state index contributed by atoms with van der Waals surface area (Å²) in [6.45, 7) is 12.3. The summed E-state index contributed by atoms with van der Waals surface area (Å²) in [5, 5.41) is 17.7. The van der Waals surface area contributed by atoms with E-state index in [0.29, 0.717) is 34.2 Å². The quantitative estimate of drug-likeness (QED) is 0.351. The molecule has 2 aromatic carbocycles. The molecule has 1 atom stereocenters. The van der Waals surface area contributed by atoms with Crippen LogP contribution in [0.15, 0.2) is 36.9 Å². The number of hydrogen-bond acceptors (Lipinski definition) is 9. The van der Waals surface area contributed by atoms with E-state index in [4.69, 9.17) is 9.47 Å². The van der Waals surface area contributed by atoms with Crippen LogP contribution in [0.4, 0.5) is 17.3 Å². The Kier molecular flexibility index (Phi) is 6.81. The van der Waals surface area contributed by atoms with Crippen LogP contribution in [0.25, 0.3) is 5.57 Å². The highest BCUT2D eigenvalue weighted by Gasteiger charge is 2.30. The van der Waals surface area contributed by atoms with Crippen molar-refractivity contribution < 1.29 is 19.4 Å². The molecule has 0 saturated carbocycles. The van der Waals surface area contributed by atoms with E-state index in [1.54, 1.807) is 33.2 Å². The van der Waals surface area contributed by atoms with E-state index in [-0.39, 0.29) is 35.5 Å². The Hall–Kier alpha value is -3.79. The molecule has 1 aliphatic heterocycles. The Balaban J connectivity index is 1.67. The van der Waals surface area contributed by atoms with Crippen molar-refractivity contribution in [2.45, 2.75) is 33.7 Å². The number of aromatic hydroxyl groups is 1. The van der Waals surface area contributed by atoms with Gasteiger partial charge in [-0.25, -0.2) is 0 Å². The number of fused-ring (bicyclic) bond motifs is 1. The lowest BCUT2D eigenvalue weighted by molar-refractivity contribution is 0.0824. The van der Waals surface area contributed by atoms with E-state index < -0.39 is 0 Å². The van der Waals surface area contributed by atoms with Crippen molar-refractivity contribution in [3.05, 3.63) is 53.6 Å². The van der Waals surface area contributed by atoms with Gasteiger partial charge in [0.1, 0.15) is 0 Å². The number of rotatable bonds is 7. The summed E-state index contributed by atoms with van der Waals surface area (Å²) >= 11 is 1.04. The highest BCUT2D eigenvalue weighted by atomic mass is 32.1. The molecule has 4 rings (SSSR count). The van der Waals surface area contributed by atoms with E-state index in [2.05, 4.69) is 46.7 Å². The van der Waals surface area contributed by atoms with Gasteiger partial charge in [0.15, 0.2) is 28.9 Å². The van der Waals surface area contributed by atoms with Gasteiger partial charge in [0, 0.05) is 14.1 Å². The molecule has 2 heterocycles. The maximum Gasteiger partial charge on any atom is 0.257 e. The molecule has 190 valence electrons. The second-order valence-corrected chi connectivity index (χ2v) is 10.5. The first-order valence-electron chi connectivity index (χ1n) is 11.5. The topological polar surface area (TPSA) is 109 Å². The summed E-state index contributed by atoms with van der Waals surface area (Å²) in [7, 11) is 3.28. The number of benzene rings is 2. The third-order valence-corrected chi connectivity index (χ3v) is 6.40. The molecule has 0 saturated heterocycles. The fraction of sp³-hybridized carbons (Fsp3) is 0.346. The number of aromatic nitrogens is 2. The smallest absolute Gasteiger partial charge is 0.257 e. The fourth-order valence-electron chi connectivity index (χ4n) is 4.01. The minimum Gasteiger partial charge on any atom is -0.505 e. The number of ether oxygens (including phenoxy) is 2. The van der Waals surface area contributed by atoms with Crippen molar-refractivity contribution in [1.82, 2.24) is 13.6 Å². The summed E-state index contributed by atoms with van der Waals surface area (Å²) in [5.41, 5.74) is 2.61. The Morgan fingerprint density at radius 3 is 2.50 bits per heavy atom. The third-order valence-electron chi connectivity index (χ3n) is 5.88. The molecule has 10 heteroatoms. The predicted molar refractivity (Wildman–Crippen MR) is 142 cm³/mol. The average molecular weight is 510 g/mol. The number of carbonyl (C=O) groups excluding carboxylic acids is 1. The maximum atomic E-state index is 12.8. The number of allylic oxidation sites excluding steroid dienone is 1. The number of phenols is 1. The second kappa shape index (κ2) is 9.69. The minimum absolute atomic E-state index is 0.137. The number of phenolic OH excluding ortho intramolecular Hbond substituents is 1.